The van der Waals surface area contributed by atoms with E-state index in [0.717, 1.165) is 0 Å². The molecule has 26 heavy (non-hydrogen) atoms. The predicted octanol–water partition coefficient (Wildman–Crippen LogP) is 1.18. The average Bonchev–Trinajstić information content (AvgIpc) is 2.61. The van der Waals surface area contributed by atoms with Crippen LogP contribution >= 0.6 is 0 Å². The molecule has 0 fully saturated rings. The molecule has 0 aliphatic rings. The van der Waals surface area contributed by atoms with Gasteiger partial charge in [0.05, 0.1) is 24.3 Å². The van der Waals surface area contributed by atoms with Crippen LogP contribution in [0.25, 0.3) is 0 Å². The van der Waals surface area contributed by atoms with E-state index < -0.39 is 23.9 Å². The second kappa shape index (κ2) is 11.5. The fourth-order valence-electron chi connectivity index (χ4n) is 1.29. The van der Waals surface area contributed by atoms with E-state index in [1.807, 2.05) is 0 Å². The van der Waals surface area contributed by atoms with Gasteiger partial charge in [-0.2, -0.15) is 0 Å². The van der Waals surface area contributed by atoms with Gasteiger partial charge < -0.3 is 19.7 Å². The number of benzene rings is 1. The Morgan fingerprint density at radius 3 is 1.35 bits per heavy atom. The van der Waals surface area contributed by atoms with Gasteiger partial charge in [0.25, 0.3) is 0 Å². The van der Waals surface area contributed by atoms with Crippen molar-refractivity contribution in [3.63, 3.8) is 0 Å². The zero-order valence-corrected chi connectivity index (χ0v) is 14.5. The van der Waals surface area contributed by atoms with Gasteiger partial charge in [0, 0.05) is 11.1 Å². The fourth-order valence-corrected chi connectivity index (χ4v) is 1.29. The van der Waals surface area contributed by atoms with Gasteiger partial charge >= 0.3 is 23.9 Å². The molecule has 0 amide bonds. The van der Waals surface area contributed by atoms with E-state index in [2.05, 4.69) is 22.6 Å². The van der Waals surface area contributed by atoms with Gasteiger partial charge in [-0.25, -0.2) is 19.2 Å². The minimum Gasteiger partial charge on any atom is -0.394 e. The number of hydrogen-bond donors (Lipinski definition) is 2. The molecule has 1 rings (SSSR count). The summed E-state index contributed by atoms with van der Waals surface area (Å²) in [6.07, 6.45) is 0. The molecule has 0 heterocycles. The monoisotopic (exact) mass is 364 g/mol. The molecule has 0 atom stereocenters. The first-order valence-electron chi connectivity index (χ1n) is 7.30. The molecule has 1 aromatic rings. The highest BCUT2D eigenvalue weighted by atomic mass is 16.6. The van der Waals surface area contributed by atoms with Crippen LogP contribution in [-0.4, -0.2) is 47.3 Å². The van der Waals surface area contributed by atoms with Crippen molar-refractivity contribution in [3.8, 4) is 0 Å². The Labute approximate surface area is 150 Å². The van der Waals surface area contributed by atoms with Crippen LogP contribution in [0.1, 0.15) is 34.6 Å². The highest BCUT2D eigenvalue weighted by Gasteiger charge is 2.23. The van der Waals surface area contributed by atoms with Gasteiger partial charge in [-0.3, -0.25) is 0 Å². The van der Waals surface area contributed by atoms with Crippen LogP contribution in [0.2, 0.25) is 0 Å². The Morgan fingerprint density at radius 2 is 1.12 bits per heavy atom. The first-order valence-corrected chi connectivity index (χ1v) is 7.30. The molecule has 8 heteroatoms. The summed E-state index contributed by atoms with van der Waals surface area (Å²) in [5.41, 5.74) is -0.329. The second-order valence-corrected chi connectivity index (χ2v) is 4.91. The Bertz CT molecular complexity index is 657. The lowest BCUT2D eigenvalue weighted by Crippen LogP contribution is -2.19. The van der Waals surface area contributed by atoms with E-state index in [9.17, 15) is 19.2 Å². The first kappa shape index (κ1) is 22.9. The van der Waals surface area contributed by atoms with E-state index in [1.54, 1.807) is 0 Å². The third kappa shape index (κ3) is 7.65. The molecule has 2 N–H and O–H groups in total. The van der Waals surface area contributed by atoms with Crippen molar-refractivity contribution in [2.24, 2.45) is 0 Å². The minimum atomic E-state index is -1.04. The Morgan fingerprint density at radius 1 is 0.808 bits per heavy atom. The number of aliphatic hydroxyl groups is 2. The van der Waals surface area contributed by atoms with Gasteiger partial charge in [0.2, 0.25) is 0 Å². The Kier molecular flexibility index (Phi) is 10.1. The number of aliphatic hydroxyl groups excluding tert-OH is 2. The van der Waals surface area contributed by atoms with Crippen LogP contribution in [0, 0.1) is 0 Å². The number of rotatable bonds is 5. The normalized spacial score (nSPS) is 9.23. The van der Waals surface area contributed by atoms with Crippen LogP contribution in [-0.2, 0) is 19.1 Å². The van der Waals surface area contributed by atoms with E-state index in [-0.39, 0.29) is 35.5 Å². The molecule has 0 saturated heterocycles. The topological polar surface area (TPSA) is 127 Å². The zero-order chi connectivity index (χ0) is 20.3. The second-order valence-electron chi connectivity index (χ2n) is 4.91. The molecule has 8 nitrogen and oxygen atoms in total. The summed E-state index contributed by atoms with van der Waals surface area (Å²) in [5.74, 6) is -3.90. The van der Waals surface area contributed by atoms with Gasteiger partial charge in [-0.1, -0.05) is 25.3 Å². The predicted molar refractivity (Wildman–Crippen MR) is 91.1 cm³/mol. The quantitative estimate of drug-likeness (QED) is 0.453. The maximum Gasteiger partial charge on any atom is 0.346 e. The summed E-state index contributed by atoms with van der Waals surface area (Å²) in [6, 6.07) is 5.49. The molecule has 0 radical (unpaired) electrons. The average molecular weight is 364 g/mol. The van der Waals surface area contributed by atoms with E-state index >= 15 is 0 Å². The highest BCUT2D eigenvalue weighted by molar-refractivity contribution is 6.10. The number of hydrogen-bond acceptors (Lipinski definition) is 8. The lowest BCUT2D eigenvalue weighted by atomic mass is 10.1. The van der Waals surface area contributed by atoms with Crippen molar-refractivity contribution >= 4 is 23.9 Å². The van der Waals surface area contributed by atoms with Crippen molar-refractivity contribution < 1.29 is 38.9 Å². The molecule has 0 aliphatic heterocycles. The Balaban J connectivity index is 0.00000141. The number of carbonyl (C=O) groups is 4. The molecule has 140 valence electrons. The Hall–Kier alpha value is -3.10. The molecular formula is C18H20O8. The van der Waals surface area contributed by atoms with E-state index in [1.165, 1.54) is 38.1 Å². The summed E-state index contributed by atoms with van der Waals surface area (Å²) < 4.78 is 9.11. The molecule has 0 unspecified atom stereocenters. The summed E-state index contributed by atoms with van der Waals surface area (Å²) in [7, 11) is 0. The highest BCUT2D eigenvalue weighted by Crippen LogP contribution is 2.13. The summed E-state index contributed by atoms with van der Waals surface area (Å²) >= 11 is 0. The lowest BCUT2D eigenvalue weighted by Gasteiger charge is -2.08. The third-order valence-electron chi connectivity index (χ3n) is 2.53. The minimum absolute atomic E-state index is 0.0332. The standard InChI is InChI=1S/C16H14O6.C2H6O2/c1-9(2)13(17)21-15(19)11-7-5-6-8-12(11)16(20)22-14(18)10(3)4;3-1-2-4/h5-8H,1,3H2,2,4H3;3-4H,1-2H2. The largest absolute Gasteiger partial charge is 0.394 e. The molecule has 0 aromatic heterocycles. The summed E-state index contributed by atoms with van der Waals surface area (Å²) in [6.45, 7) is 9.19. The number of ether oxygens (including phenoxy) is 2. The molecule has 0 aliphatic carbocycles. The van der Waals surface area contributed by atoms with Gasteiger partial charge in [-0.05, 0) is 26.0 Å². The first-order chi connectivity index (χ1) is 12.1. The van der Waals surface area contributed by atoms with E-state index in [0.29, 0.717) is 0 Å². The summed E-state index contributed by atoms with van der Waals surface area (Å²) in [5, 5.41) is 15.2. The smallest absolute Gasteiger partial charge is 0.346 e. The SMILES string of the molecule is C=C(C)C(=O)OC(=O)c1ccccc1C(=O)OC(=O)C(=C)C.OCCO. The molecular weight excluding hydrogens is 344 g/mol. The van der Waals surface area contributed by atoms with Crippen LogP contribution in [0.4, 0.5) is 0 Å². The van der Waals surface area contributed by atoms with Crippen LogP contribution < -0.4 is 0 Å². The molecule has 0 bridgehead atoms. The van der Waals surface area contributed by atoms with Gasteiger partial charge in [0.1, 0.15) is 0 Å². The van der Waals surface area contributed by atoms with Crippen LogP contribution in [0.15, 0.2) is 48.6 Å². The molecule has 1 aromatic carbocycles. The van der Waals surface area contributed by atoms with E-state index in [4.69, 9.17) is 10.2 Å². The summed E-state index contributed by atoms with van der Waals surface area (Å²) in [4.78, 5) is 46.5. The van der Waals surface area contributed by atoms with Crippen molar-refractivity contribution in [3.05, 3.63) is 59.7 Å². The van der Waals surface area contributed by atoms with Gasteiger partial charge in [-0.15, -0.1) is 0 Å². The van der Waals surface area contributed by atoms with Crippen LogP contribution in [0.3, 0.4) is 0 Å². The van der Waals surface area contributed by atoms with Crippen molar-refractivity contribution in [2.75, 3.05) is 13.2 Å². The third-order valence-corrected chi connectivity index (χ3v) is 2.53. The van der Waals surface area contributed by atoms with Gasteiger partial charge in [0.15, 0.2) is 0 Å². The maximum atomic E-state index is 11.9. The zero-order valence-electron chi connectivity index (χ0n) is 14.5. The number of carbonyl (C=O) groups excluding carboxylic acids is 4. The van der Waals surface area contributed by atoms with Crippen molar-refractivity contribution in [2.45, 2.75) is 13.8 Å². The lowest BCUT2D eigenvalue weighted by molar-refractivity contribution is -0.134. The fraction of sp³-hybridized carbons (Fsp3) is 0.222. The number of esters is 4. The van der Waals surface area contributed by atoms with Crippen molar-refractivity contribution in [1.82, 2.24) is 0 Å². The van der Waals surface area contributed by atoms with Crippen molar-refractivity contribution in [1.29, 1.82) is 0 Å². The molecule has 0 spiro atoms. The molecule has 0 saturated carbocycles. The maximum absolute atomic E-state index is 11.9. The van der Waals surface area contributed by atoms with Crippen LogP contribution in [0.5, 0.6) is 0 Å².